The Morgan fingerprint density at radius 1 is 1.37 bits per heavy atom. The van der Waals surface area contributed by atoms with Gasteiger partial charge in [-0.15, -0.1) is 11.3 Å². The summed E-state index contributed by atoms with van der Waals surface area (Å²) in [5, 5.41) is 12.2. The molecule has 1 aromatic heterocycles. The number of aromatic hydroxyl groups is 1. The lowest BCUT2D eigenvalue weighted by Crippen LogP contribution is -2.25. The molecule has 0 aliphatic heterocycles. The Hall–Kier alpha value is -1.40. The van der Waals surface area contributed by atoms with Gasteiger partial charge < -0.3 is 10.4 Å². The van der Waals surface area contributed by atoms with Crippen LogP contribution in [0.15, 0.2) is 34.1 Å². The van der Waals surface area contributed by atoms with Crippen molar-refractivity contribution in [1.29, 1.82) is 0 Å². The van der Waals surface area contributed by atoms with Crippen molar-refractivity contribution in [3.05, 3.63) is 50.4 Å². The number of rotatable bonds is 4. The van der Waals surface area contributed by atoms with Crippen LogP contribution in [0.4, 0.5) is 4.39 Å². The van der Waals surface area contributed by atoms with E-state index in [2.05, 4.69) is 21.2 Å². The van der Waals surface area contributed by atoms with Gasteiger partial charge >= 0.3 is 0 Å². The van der Waals surface area contributed by atoms with Crippen LogP contribution in [0.3, 0.4) is 0 Å². The van der Waals surface area contributed by atoms with Crippen molar-refractivity contribution in [2.75, 3.05) is 6.54 Å². The average molecular weight is 344 g/mol. The van der Waals surface area contributed by atoms with E-state index in [1.54, 1.807) is 11.3 Å². The molecule has 100 valence electrons. The first-order valence-corrected chi connectivity index (χ1v) is 7.18. The first-order valence-electron chi connectivity index (χ1n) is 5.57. The summed E-state index contributed by atoms with van der Waals surface area (Å²) in [6.45, 7) is 0.461. The van der Waals surface area contributed by atoms with Gasteiger partial charge in [-0.3, -0.25) is 4.79 Å². The maximum Gasteiger partial charge on any atom is 0.255 e. The normalized spacial score (nSPS) is 10.4. The Morgan fingerprint density at radius 2 is 2.16 bits per heavy atom. The minimum absolute atomic E-state index is 0.0776. The molecule has 0 saturated carbocycles. The van der Waals surface area contributed by atoms with Crippen LogP contribution in [0.2, 0.25) is 0 Å². The summed E-state index contributed by atoms with van der Waals surface area (Å²) in [6, 6.07) is 7.27. The molecule has 1 aromatic carbocycles. The molecule has 0 atom stereocenters. The first kappa shape index (κ1) is 14.0. The van der Waals surface area contributed by atoms with Gasteiger partial charge in [0.15, 0.2) is 0 Å². The highest BCUT2D eigenvalue weighted by Gasteiger charge is 2.11. The quantitative estimate of drug-likeness (QED) is 0.894. The van der Waals surface area contributed by atoms with Gasteiger partial charge in [-0.2, -0.15) is 0 Å². The third-order valence-corrected chi connectivity index (χ3v) is 4.17. The second-order valence-corrected chi connectivity index (χ2v) is 6.42. The number of nitrogens with one attached hydrogen (secondary N) is 1. The minimum Gasteiger partial charge on any atom is -0.507 e. The van der Waals surface area contributed by atoms with Crippen molar-refractivity contribution < 1.29 is 14.3 Å². The fourth-order valence-corrected chi connectivity index (χ4v) is 3.06. The van der Waals surface area contributed by atoms with Crippen LogP contribution in [-0.4, -0.2) is 17.6 Å². The van der Waals surface area contributed by atoms with Crippen LogP contribution in [0.25, 0.3) is 0 Å². The van der Waals surface area contributed by atoms with Crippen molar-refractivity contribution in [3.63, 3.8) is 0 Å². The van der Waals surface area contributed by atoms with E-state index in [0.717, 1.165) is 20.8 Å². The molecule has 1 amide bonds. The summed E-state index contributed by atoms with van der Waals surface area (Å²) in [5.74, 6) is -1.33. The molecule has 0 unspecified atom stereocenters. The molecule has 1 heterocycles. The molecule has 0 fully saturated rings. The lowest BCUT2D eigenvalue weighted by molar-refractivity contribution is 0.0951. The van der Waals surface area contributed by atoms with Gasteiger partial charge in [0.2, 0.25) is 0 Å². The zero-order valence-electron chi connectivity index (χ0n) is 9.82. The van der Waals surface area contributed by atoms with Gasteiger partial charge in [0.05, 0.1) is 9.35 Å². The largest absolute Gasteiger partial charge is 0.507 e. The Labute approximate surface area is 122 Å². The smallest absolute Gasteiger partial charge is 0.255 e. The molecule has 6 heteroatoms. The molecule has 0 radical (unpaired) electrons. The molecule has 2 aromatic rings. The zero-order chi connectivity index (χ0) is 13.8. The SMILES string of the molecule is O=C(NCCc1ccc(Br)s1)c1ccc(F)cc1O. The molecule has 19 heavy (non-hydrogen) atoms. The van der Waals surface area contributed by atoms with Crippen LogP contribution >= 0.6 is 27.3 Å². The van der Waals surface area contributed by atoms with Crippen LogP contribution in [0, 0.1) is 5.82 Å². The second-order valence-electron chi connectivity index (χ2n) is 3.87. The van der Waals surface area contributed by atoms with Gasteiger partial charge in [0, 0.05) is 17.5 Å². The maximum absolute atomic E-state index is 12.8. The van der Waals surface area contributed by atoms with Crippen LogP contribution in [-0.2, 0) is 6.42 Å². The van der Waals surface area contributed by atoms with Crippen molar-refractivity contribution in [1.82, 2.24) is 5.32 Å². The molecule has 0 bridgehead atoms. The van der Waals surface area contributed by atoms with Crippen LogP contribution in [0.5, 0.6) is 5.75 Å². The maximum atomic E-state index is 12.8. The van der Waals surface area contributed by atoms with Gasteiger partial charge in [-0.25, -0.2) is 4.39 Å². The molecular weight excluding hydrogens is 333 g/mol. The Balaban J connectivity index is 1.90. The highest BCUT2D eigenvalue weighted by Crippen LogP contribution is 2.22. The zero-order valence-corrected chi connectivity index (χ0v) is 12.2. The topological polar surface area (TPSA) is 49.3 Å². The van der Waals surface area contributed by atoms with E-state index in [4.69, 9.17) is 0 Å². The number of hydrogen-bond acceptors (Lipinski definition) is 3. The molecule has 0 spiro atoms. The number of carbonyl (C=O) groups excluding carboxylic acids is 1. The lowest BCUT2D eigenvalue weighted by Gasteiger charge is -2.06. The Morgan fingerprint density at radius 3 is 2.79 bits per heavy atom. The van der Waals surface area contributed by atoms with E-state index >= 15 is 0 Å². The molecule has 0 saturated heterocycles. The minimum atomic E-state index is -0.572. The summed E-state index contributed by atoms with van der Waals surface area (Å²) in [5.41, 5.74) is 0.0776. The fraction of sp³-hybridized carbons (Fsp3) is 0.154. The van der Waals surface area contributed by atoms with Crippen molar-refractivity contribution >= 4 is 33.2 Å². The monoisotopic (exact) mass is 343 g/mol. The van der Waals surface area contributed by atoms with Crippen molar-refractivity contribution in [3.8, 4) is 5.75 Å². The summed E-state index contributed by atoms with van der Waals surface area (Å²) >= 11 is 4.98. The highest BCUT2D eigenvalue weighted by atomic mass is 79.9. The highest BCUT2D eigenvalue weighted by molar-refractivity contribution is 9.11. The molecule has 0 aliphatic carbocycles. The van der Waals surface area contributed by atoms with E-state index in [0.29, 0.717) is 13.0 Å². The number of hydrogen-bond donors (Lipinski definition) is 2. The van der Waals surface area contributed by atoms with E-state index in [9.17, 15) is 14.3 Å². The van der Waals surface area contributed by atoms with E-state index in [-0.39, 0.29) is 11.3 Å². The molecule has 0 aliphatic rings. The summed E-state index contributed by atoms with van der Waals surface area (Å²) in [7, 11) is 0. The molecular formula is C13H11BrFNO2S. The van der Waals surface area contributed by atoms with Crippen LogP contribution < -0.4 is 5.32 Å². The van der Waals surface area contributed by atoms with Gasteiger partial charge in [0.25, 0.3) is 5.91 Å². The van der Waals surface area contributed by atoms with Gasteiger partial charge in [0.1, 0.15) is 11.6 Å². The predicted molar refractivity (Wildman–Crippen MR) is 76.1 cm³/mol. The Bertz CT molecular complexity index is 600. The fourth-order valence-electron chi connectivity index (χ4n) is 1.58. The summed E-state index contributed by atoms with van der Waals surface area (Å²) < 4.78 is 13.8. The number of phenolic OH excluding ortho intramolecular Hbond substituents is 1. The first-order chi connectivity index (χ1) is 9.06. The third-order valence-electron chi connectivity index (χ3n) is 2.49. The lowest BCUT2D eigenvalue weighted by atomic mass is 10.2. The standard InChI is InChI=1S/C13H11BrFNO2S/c14-12-4-2-9(19-12)5-6-16-13(18)10-3-1-8(15)7-11(10)17/h1-4,7,17H,5-6H2,(H,16,18). The number of halogens is 2. The number of carbonyl (C=O) groups is 1. The van der Waals surface area contributed by atoms with Gasteiger partial charge in [-0.1, -0.05) is 0 Å². The van der Waals surface area contributed by atoms with E-state index < -0.39 is 11.7 Å². The van der Waals surface area contributed by atoms with E-state index in [1.807, 2.05) is 12.1 Å². The van der Waals surface area contributed by atoms with Crippen molar-refractivity contribution in [2.24, 2.45) is 0 Å². The second kappa shape index (κ2) is 6.16. The third kappa shape index (κ3) is 3.78. The molecule has 2 rings (SSSR count). The number of phenols is 1. The number of amides is 1. The van der Waals surface area contributed by atoms with Crippen molar-refractivity contribution in [2.45, 2.75) is 6.42 Å². The number of thiophene rings is 1. The average Bonchev–Trinajstić information content (AvgIpc) is 2.75. The summed E-state index contributed by atoms with van der Waals surface area (Å²) in [4.78, 5) is 12.9. The Kier molecular flexibility index (Phi) is 4.55. The van der Waals surface area contributed by atoms with Gasteiger partial charge in [-0.05, 0) is 46.6 Å². The molecule has 2 N–H and O–H groups in total. The number of benzene rings is 1. The van der Waals surface area contributed by atoms with Crippen LogP contribution in [0.1, 0.15) is 15.2 Å². The summed E-state index contributed by atoms with van der Waals surface area (Å²) in [6.07, 6.45) is 0.712. The molecule has 3 nitrogen and oxygen atoms in total. The van der Waals surface area contributed by atoms with E-state index in [1.165, 1.54) is 6.07 Å². The predicted octanol–water partition coefficient (Wildman–Crippen LogP) is 3.33.